The van der Waals surface area contributed by atoms with E-state index in [-0.39, 0.29) is 28.7 Å². The molecule has 0 aromatic rings. The lowest BCUT2D eigenvalue weighted by Gasteiger charge is -2.55. The van der Waals surface area contributed by atoms with Crippen LogP contribution in [-0.4, -0.2) is 29.1 Å². The molecule has 3 saturated carbocycles. The van der Waals surface area contributed by atoms with Gasteiger partial charge in [0.2, 0.25) is 0 Å². The molecule has 4 aliphatic carbocycles. The van der Waals surface area contributed by atoms with E-state index in [2.05, 4.69) is 6.92 Å². The highest BCUT2D eigenvalue weighted by molar-refractivity contribution is 5.91. The van der Waals surface area contributed by atoms with Gasteiger partial charge in [-0.3, -0.25) is 9.59 Å². The van der Waals surface area contributed by atoms with Crippen molar-refractivity contribution in [1.29, 1.82) is 0 Å². The molecule has 0 aromatic carbocycles. The molecule has 0 radical (unpaired) electrons. The van der Waals surface area contributed by atoms with Crippen LogP contribution in [0, 0.1) is 23.2 Å². The summed E-state index contributed by atoms with van der Waals surface area (Å²) in [7, 11) is 0. The number of fused-ring (bicyclic) bond motifs is 3. The third kappa shape index (κ3) is 2.38. The summed E-state index contributed by atoms with van der Waals surface area (Å²) in [6, 6.07) is 0. The number of carbonyl (C=O) groups is 2. The number of ether oxygens (including phenoxy) is 2. The van der Waals surface area contributed by atoms with Crippen molar-refractivity contribution in [2.45, 2.75) is 95.9 Å². The lowest BCUT2D eigenvalue weighted by Crippen LogP contribution is -2.54. The lowest BCUT2D eigenvalue weighted by atomic mass is 9.47. The minimum Gasteiger partial charge on any atom is -0.463 e. The quantitative estimate of drug-likeness (QED) is 0.534. The molecule has 1 saturated heterocycles. The SMILES string of the molecule is CC(=O)OC(C)[C@H]1CC[C@]23O[C@]2(CC[C@H]2[C@H]3CCC3=CC(=O)CC[C@@]32C)C1. The van der Waals surface area contributed by atoms with Gasteiger partial charge in [-0.25, -0.2) is 0 Å². The van der Waals surface area contributed by atoms with Gasteiger partial charge in [-0.1, -0.05) is 12.5 Å². The van der Waals surface area contributed by atoms with E-state index in [0.717, 1.165) is 38.5 Å². The third-order valence-electron chi connectivity index (χ3n) is 9.05. The normalized spacial score (nSPS) is 48.9. The Labute approximate surface area is 162 Å². The molecule has 0 spiro atoms. The average molecular weight is 373 g/mol. The van der Waals surface area contributed by atoms with Crippen molar-refractivity contribution < 1.29 is 19.1 Å². The average Bonchev–Trinajstić information content (AvgIpc) is 3.31. The van der Waals surface area contributed by atoms with E-state index in [1.54, 1.807) is 0 Å². The first-order chi connectivity index (χ1) is 12.8. The van der Waals surface area contributed by atoms with E-state index in [1.165, 1.54) is 25.3 Å². The largest absolute Gasteiger partial charge is 0.463 e. The zero-order valence-electron chi connectivity index (χ0n) is 16.9. The second kappa shape index (κ2) is 5.68. The van der Waals surface area contributed by atoms with Crippen LogP contribution in [0.5, 0.6) is 0 Å². The fourth-order valence-electron chi connectivity index (χ4n) is 7.64. The minimum absolute atomic E-state index is 0.0143. The Balaban J connectivity index is 1.38. The minimum atomic E-state index is -0.177. The maximum atomic E-state index is 12.0. The van der Waals surface area contributed by atoms with Crippen LogP contribution < -0.4 is 0 Å². The van der Waals surface area contributed by atoms with E-state index in [0.29, 0.717) is 30.0 Å². The molecule has 0 bridgehead atoms. The van der Waals surface area contributed by atoms with Crippen LogP contribution in [0.15, 0.2) is 11.6 Å². The Kier molecular flexibility index (Phi) is 3.77. The van der Waals surface area contributed by atoms with Crippen molar-refractivity contribution in [2.75, 3.05) is 0 Å². The first-order valence-corrected chi connectivity index (χ1v) is 10.9. The van der Waals surface area contributed by atoms with Gasteiger partial charge in [0.25, 0.3) is 0 Å². The third-order valence-corrected chi connectivity index (χ3v) is 9.05. The highest BCUT2D eigenvalue weighted by atomic mass is 16.6. The summed E-state index contributed by atoms with van der Waals surface area (Å²) in [5, 5.41) is 0. The first-order valence-electron chi connectivity index (χ1n) is 10.9. The second-order valence-corrected chi connectivity index (χ2v) is 10.1. The van der Waals surface area contributed by atoms with E-state index in [4.69, 9.17) is 9.47 Å². The molecular weight excluding hydrogens is 340 g/mol. The van der Waals surface area contributed by atoms with Gasteiger partial charge in [0.05, 0.1) is 5.60 Å². The number of hydrogen-bond donors (Lipinski definition) is 0. The van der Waals surface area contributed by atoms with Gasteiger partial charge in [0.15, 0.2) is 5.78 Å². The molecule has 5 aliphatic rings. The van der Waals surface area contributed by atoms with Crippen LogP contribution in [0.25, 0.3) is 0 Å². The molecule has 0 N–H and O–H groups in total. The van der Waals surface area contributed by atoms with E-state index >= 15 is 0 Å². The Morgan fingerprint density at radius 1 is 1.19 bits per heavy atom. The van der Waals surface area contributed by atoms with Crippen LogP contribution in [0.2, 0.25) is 0 Å². The number of rotatable bonds is 2. The predicted molar refractivity (Wildman–Crippen MR) is 101 cm³/mol. The summed E-state index contributed by atoms with van der Waals surface area (Å²) in [6.45, 7) is 5.97. The Bertz CT molecular complexity index is 726. The Hall–Kier alpha value is -1.16. The predicted octanol–water partition coefficient (Wildman–Crippen LogP) is 4.36. The fourth-order valence-corrected chi connectivity index (χ4v) is 7.64. The number of hydrogen-bond acceptors (Lipinski definition) is 4. The lowest BCUT2D eigenvalue weighted by molar-refractivity contribution is -0.149. The van der Waals surface area contributed by atoms with Crippen molar-refractivity contribution in [2.24, 2.45) is 23.2 Å². The van der Waals surface area contributed by atoms with Crippen molar-refractivity contribution in [3.8, 4) is 0 Å². The maximum absolute atomic E-state index is 12.0. The van der Waals surface area contributed by atoms with Gasteiger partial charge in [0.1, 0.15) is 11.7 Å². The summed E-state index contributed by atoms with van der Waals surface area (Å²) in [4.78, 5) is 23.3. The standard InChI is InChI=1S/C23H32O4/c1-14(26-15(2)24)16-6-11-23-20-5-4-17-12-18(25)7-9-21(17,3)19(20)8-10-22(23,13-16)27-23/h12,14,16,19-20H,4-11,13H2,1-3H3/t14?,16-,19-,20+,21-,22+,23+/m0/s1. The van der Waals surface area contributed by atoms with Gasteiger partial charge in [-0.2, -0.15) is 0 Å². The Morgan fingerprint density at radius 3 is 2.78 bits per heavy atom. The van der Waals surface area contributed by atoms with Crippen molar-refractivity contribution in [3.63, 3.8) is 0 Å². The van der Waals surface area contributed by atoms with E-state index in [9.17, 15) is 9.59 Å². The topological polar surface area (TPSA) is 55.9 Å². The molecular formula is C23H32O4. The molecule has 5 rings (SSSR count). The summed E-state index contributed by atoms with van der Waals surface area (Å²) >= 11 is 0. The van der Waals surface area contributed by atoms with Crippen LogP contribution in [-0.2, 0) is 19.1 Å². The molecule has 0 aromatic heterocycles. The molecule has 27 heavy (non-hydrogen) atoms. The van der Waals surface area contributed by atoms with Crippen molar-refractivity contribution >= 4 is 11.8 Å². The monoisotopic (exact) mass is 372 g/mol. The summed E-state index contributed by atoms with van der Waals surface area (Å²) in [5.74, 6) is 1.86. The molecule has 1 heterocycles. The number of carbonyl (C=O) groups excluding carboxylic acids is 2. The summed E-state index contributed by atoms with van der Waals surface area (Å²) in [6.07, 6.45) is 11.5. The van der Waals surface area contributed by atoms with Gasteiger partial charge in [-0.05, 0) is 87.5 Å². The highest BCUT2D eigenvalue weighted by Gasteiger charge is 2.78. The number of epoxide rings is 1. The van der Waals surface area contributed by atoms with Gasteiger partial charge < -0.3 is 9.47 Å². The maximum Gasteiger partial charge on any atom is 0.302 e. The molecule has 0 amide bonds. The van der Waals surface area contributed by atoms with Gasteiger partial charge in [0, 0.05) is 13.3 Å². The van der Waals surface area contributed by atoms with Crippen LogP contribution in [0.1, 0.15) is 78.6 Å². The summed E-state index contributed by atoms with van der Waals surface area (Å²) in [5.41, 5.74) is 1.72. The van der Waals surface area contributed by atoms with Crippen LogP contribution in [0.3, 0.4) is 0 Å². The molecule has 7 atom stereocenters. The molecule has 148 valence electrons. The molecule has 4 nitrogen and oxygen atoms in total. The molecule has 4 fully saturated rings. The number of allylic oxidation sites excluding steroid dienone is 2. The molecule has 1 unspecified atom stereocenters. The van der Waals surface area contributed by atoms with Crippen molar-refractivity contribution in [1.82, 2.24) is 0 Å². The Morgan fingerprint density at radius 2 is 2.00 bits per heavy atom. The van der Waals surface area contributed by atoms with Crippen molar-refractivity contribution in [3.05, 3.63) is 11.6 Å². The first kappa shape index (κ1) is 17.9. The zero-order valence-corrected chi connectivity index (χ0v) is 16.9. The molecule has 1 aliphatic heterocycles. The highest BCUT2D eigenvalue weighted by Crippen LogP contribution is 2.73. The van der Waals surface area contributed by atoms with Gasteiger partial charge in [-0.15, -0.1) is 0 Å². The van der Waals surface area contributed by atoms with E-state index < -0.39 is 0 Å². The van der Waals surface area contributed by atoms with Crippen LogP contribution >= 0.6 is 0 Å². The number of esters is 1. The second-order valence-electron chi connectivity index (χ2n) is 10.1. The van der Waals surface area contributed by atoms with E-state index in [1.807, 2.05) is 13.0 Å². The smallest absolute Gasteiger partial charge is 0.302 e. The van der Waals surface area contributed by atoms with Gasteiger partial charge >= 0.3 is 5.97 Å². The van der Waals surface area contributed by atoms with Crippen LogP contribution in [0.4, 0.5) is 0 Å². The number of ketones is 1. The zero-order chi connectivity index (χ0) is 19.0. The molecule has 4 heteroatoms. The fraction of sp³-hybridized carbons (Fsp3) is 0.826. The summed E-state index contributed by atoms with van der Waals surface area (Å²) < 4.78 is 12.2.